The molecule has 0 bridgehead atoms. The van der Waals surface area contributed by atoms with Crippen molar-refractivity contribution < 1.29 is 14.3 Å². The highest BCUT2D eigenvalue weighted by molar-refractivity contribution is 9.10. The molecule has 1 saturated heterocycles. The molecule has 8 heteroatoms. The van der Waals surface area contributed by atoms with E-state index in [9.17, 15) is 4.79 Å². The maximum absolute atomic E-state index is 12.7. The minimum absolute atomic E-state index is 0.0957. The highest BCUT2D eigenvalue weighted by atomic mass is 79.9. The van der Waals surface area contributed by atoms with Crippen LogP contribution in [0.25, 0.3) is 6.08 Å². The fourth-order valence-corrected chi connectivity index (χ4v) is 4.55. The van der Waals surface area contributed by atoms with Gasteiger partial charge in [-0.25, -0.2) is 4.98 Å². The third-order valence-corrected chi connectivity index (χ3v) is 6.00. The molecule has 1 aliphatic heterocycles. The number of thioether (sulfide) groups is 1. The molecule has 1 aliphatic rings. The number of ketones is 1. The first-order valence-corrected chi connectivity index (χ1v) is 9.37. The van der Waals surface area contributed by atoms with Crippen molar-refractivity contribution in [2.75, 3.05) is 14.2 Å². The van der Waals surface area contributed by atoms with E-state index in [1.54, 1.807) is 38.6 Å². The van der Waals surface area contributed by atoms with Crippen LogP contribution in [0.4, 0.5) is 0 Å². The van der Waals surface area contributed by atoms with Gasteiger partial charge in [0.25, 0.3) is 0 Å². The molecule has 0 aliphatic carbocycles. The van der Waals surface area contributed by atoms with Crippen LogP contribution in [0.2, 0.25) is 0 Å². The maximum atomic E-state index is 12.7. The van der Waals surface area contributed by atoms with E-state index in [0.717, 1.165) is 10.0 Å². The van der Waals surface area contributed by atoms with Crippen molar-refractivity contribution in [3.63, 3.8) is 0 Å². The molecule has 1 fully saturated rings. The molecule has 1 atom stereocenters. The summed E-state index contributed by atoms with van der Waals surface area (Å²) in [5.74, 6) is 0.502. The molecule has 0 amide bonds. The van der Waals surface area contributed by atoms with Gasteiger partial charge in [0, 0.05) is 16.0 Å². The second kappa shape index (κ2) is 7.08. The Morgan fingerprint density at radius 3 is 2.62 bits per heavy atom. The van der Waals surface area contributed by atoms with E-state index in [1.165, 1.54) is 23.1 Å². The van der Waals surface area contributed by atoms with Crippen LogP contribution in [-0.2, 0) is 4.79 Å². The molecule has 0 saturated carbocycles. The number of ether oxygens (including phenoxy) is 2. The summed E-state index contributed by atoms with van der Waals surface area (Å²) in [6.07, 6.45) is 3.42. The van der Waals surface area contributed by atoms with Crippen molar-refractivity contribution in [3.8, 4) is 11.5 Å². The standard InChI is InChI=1S/C16H13BrN2O3S2/c1-21-10-5-8(9(17)7-11(10)22-2)6-12-14(20)13(15(18)24-12)16-19-3-4-23-16/h3-7,13,18H,1-2H3. The zero-order chi connectivity index (χ0) is 17.3. The molecule has 2 heterocycles. The lowest BCUT2D eigenvalue weighted by atomic mass is 10.0. The predicted octanol–water partition coefficient (Wildman–Crippen LogP) is 4.34. The summed E-state index contributed by atoms with van der Waals surface area (Å²) >= 11 is 6.05. The van der Waals surface area contributed by atoms with Gasteiger partial charge in [-0.05, 0) is 23.8 Å². The van der Waals surface area contributed by atoms with Gasteiger partial charge in [-0.2, -0.15) is 0 Å². The van der Waals surface area contributed by atoms with Gasteiger partial charge in [0.15, 0.2) is 17.3 Å². The van der Waals surface area contributed by atoms with Crippen molar-refractivity contribution in [3.05, 3.63) is 43.7 Å². The average molecular weight is 425 g/mol. The molecule has 0 radical (unpaired) electrons. The Bertz CT molecular complexity index is 834. The van der Waals surface area contributed by atoms with Crippen molar-refractivity contribution in [1.29, 1.82) is 5.41 Å². The summed E-state index contributed by atoms with van der Waals surface area (Å²) in [4.78, 5) is 17.4. The molecule has 124 valence electrons. The zero-order valence-electron chi connectivity index (χ0n) is 12.8. The van der Waals surface area contributed by atoms with E-state index in [2.05, 4.69) is 20.9 Å². The largest absolute Gasteiger partial charge is 0.493 e. The molecule has 1 aromatic carbocycles. The number of halogens is 1. The number of allylic oxidation sites excluding steroid dienone is 1. The zero-order valence-corrected chi connectivity index (χ0v) is 16.0. The fourth-order valence-electron chi connectivity index (χ4n) is 2.31. The van der Waals surface area contributed by atoms with E-state index in [-0.39, 0.29) is 5.78 Å². The van der Waals surface area contributed by atoms with Crippen LogP contribution in [0.15, 0.2) is 33.1 Å². The predicted molar refractivity (Wildman–Crippen MR) is 100 cm³/mol. The number of aromatic nitrogens is 1. The van der Waals surface area contributed by atoms with Gasteiger partial charge < -0.3 is 9.47 Å². The average Bonchev–Trinajstić information content (AvgIpc) is 3.17. The Kier molecular flexibility index (Phi) is 5.07. The van der Waals surface area contributed by atoms with Crippen molar-refractivity contribution >= 4 is 55.9 Å². The summed E-state index contributed by atoms with van der Waals surface area (Å²) in [7, 11) is 3.13. The minimum Gasteiger partial charge on any atom is -0.493 e. The quantitative estimate of drug-likeness (QED) is 0.738. The molecule has 1 unspecified atom stereocenters. The van der Waals surface area contributed by atoms with Gasteiger partial charge in [-0.15, -0.1) is 11.3 Å². The Hall–Kier alpha value is -1.64. The number of hydrogen-bond donors (Lipinski definition) is 1. The van der Waals surface area contributed by atoms with Gasteiger partial charge in [0.1, 0.15) is 10.9 Å². The first-order valence-electron chi connectivity index (χ1n) is 6.88. The third kappa shape index (κ3) is 3.13. The van der Waals surface area contributed by atoms with Crippen LogP contribution in [0.3, 0.4) is 0 Å². The number of nitrogens with one attached hydrogen (secondary N) is 1. The molecule has 0 spiro atoms. The number of methoxy groups -OCH3 is 2. The van der Waals surface area contributed by atoms with E-state index in [0.29, 0.717) is 26.5 Å². The van der Waals surface area contributed by atoms with E-state index >= 15 is 0 Å². The lowest BCUT2D eigenvalue weighted by Crippen LogP contribution is -2.11. The summed E-state index contributed by atoms with van der Waals surface area (Å²) in [5, 5.41) is 10.9. The monoisotopic (exact) mass is 424 g/mol. The number of carbonyl (C=O) groups excluding carboxylic acids is 1. The molecular formula is C16H13BrN2O3S2. The van der Waals surface area contributed by atoms with Crippen LogP contribution in [0, 0.1) is 5.41 Å². The van der Waals surface area contributed by atoms with Crippen LogP contribution in [0.1, 0.15) is 16.5 Å². The lowest BCUT2D eigenvalue weighted by Gasteiger charge is -2.10. The Morgan fingerprint density at radius 1 is 1.29 bits per heavy atom. The summed E-state index contributed by atoms with van der Waals surface area (Å²) < 4.78 is 11.3. The molecule has 1 N–H and O–H groups in total. The molecule has 5 nitrogen and oxygen atoms in total. The van der Waals surface area contributed by atoms with Crippen molar-refractivity contribution in [1.82, 2.24) is 4.98 Å². The van der Waals surface area contributed by atoms with Crippen molar-refractivity contribution in [2.24, 2.45) is 0 Å². The van der Waals surface area contributed by atoms with Gasteiger partial charge in [0.2, 0.25) is 0 Å². The smallest absolute Gasteiger partial charge is 0.186 e. The van der Waals surface area contributed by atoms with Crippen LogP contribution >= 0.6 is 39.0 Å². The van der Waals surface area contributed by atoms with E-state index < -0.39 is 5.92 Å². The van der Waals surface area contributed by atoms with Crippen molar-refractivity contribution in [2.45, 2.75) is 5.92 Å². The van der Waals surface area contributed by atoms with Gasteiger partial charge >= 0.3 is 0 Å². The number of hydrogen-bond acceptors (Lipinski definition) is 7. The lowest BCUT2D eigenvalue weighted by molar-refractivity contribution is -0.114. The Morgan fingerprint density at radius 2 is 2.00 bits per heavy atom. The topological polar surface area (TPSA) is 72.3 Å². The van der Waals surface area contributed by atoms with Crippen LogP contribution < -0.4 is 9.47 Å². The van der Waals surface area contributed by atoms with Crippen LogP contribution in [-0.4, -0.2) is 30.0 Å². The molecule has 3 rings (SSSR count). The number of rotatable bonds is 4. The number of Topliss-reactive ketones (excluding diaryl/α,β-unsaturated/α-hetero) is 1. The van der Waals surface area contributed by atoms with E-state index in [1.807, 2.05) is 5.38 Å². The number of benzene rings is 1. The second-order valence-corrected chi connectivity index (χ2v) is 7.74. The Balaban J connectivity index is 1.98. The second-order valence-electron chi connectivity index (χ2n) is 4.87. The summed E-state index contributed by atoms with van der Waals surface area (Å²) in [5.41, 5.74) is 0.788. The third-order valence-electron chi connectivity index (χ3n) is 3.47. The van der Waals surface area contributed by atoms with E-state index in [4.69, 9.17) is 14.9 Å². The molecule has 24 heavy (non-hydrogen) atoms. The first-order chi connectivity index (χ1) is 11.5. The highest BCUT2D eigenvalue weighted by Crippen LogP contribution is 2.42. The molecule has 2 aromatic rings. The van der Waals surface area contributed by atoms with Gasteiger partial charge in [-0.1, -0.05) is 27.7 Å². The summed E-state index contributed by atoms with van der Waals surface area (Å²) in [6.45, 7) is 0. The number of carbonyl (C=O) groups is 1. The normalized spacial score (nSPS) is 19.1. The maximum Gasteiger partial charge on any atom is 0.186 e. The first kappa shape index (κ1) is 17.2. The SMILES string of the molecule is COc1cc(Br)c(C=C2SC(=N)C(c3nccs3)C2=O)cc1OC. The molecule has 1 aromatic heterocycles. The number of thiazole rings is 1. The molecular weight excluding hydrogens is 412 g/mol. The highest BCUT2D eigenvalue weighted by Gasteiger charge is 2.38. The fraction of sp³-hybridized carbons (Fsp3) is 0.188. The van der Waals surface area contributed by atoms with Gasteiger partial charge in [0.05, 0.1) is 24.2 Å². The number of nitrogens with zero attached hydrogens (tertiary/aromatic N) is 1. The summed E-state index contributed by atoms with van der Waals surface area (Å²) in [6, 6.07) is 3.59. The minimum atomic E-state index is -0.583. The Labute approximate surface area is 155 Å². The van der Waals surface area contributed by atoms with Gasteiger partial charge in [-0.3, -0.25) is 10.2 Å². The van der Waals surface area contributed by atoms with Crippen LogP contribution in [0.5, 0.6) is 11.5 Å².